The molecule has 0 bridgehead atoms. The Morgan fingerprint density at radius 3 is 2.15 bits per heavy atom. The molecule has 5 heteroatoms. The van der Waals surface area contributed by atoms with Crippen molar-refractivity contribution in [3.05, 3.63) is 186 Å². The number of pyridine rings is 2. The molecule has 3 nitrogen and oxygen atoms in total. The Balaban J connectivity index is 0.000000219. The van der Waals surface area contributed by atoms with Crippen molar-refractivity contribution in [2.24, 2.45) is 0 Å². The van der Waals surface area contributed by atoms with Crippen molar-refractivity contribution in [2.75, 3.05) is 0 Å². The summed E-state index contributed by atoms with van der Waals surface area (Å²) in [7, 11) is -1.85. The Labute approximate surface area is 384 Å². The predicted octanol–water partition coefficient (Wildman–Crippen LogP) is 14.4. The van der Waals surface area contributed by atoms with Crippen molar-refractivity contribution in [3.8, 4) is 44.8 Å². The number of furan rings is 1. The maximum absolute atomic E-state index is 8.36. The summed E-state index contributed by atoms with van der Waals surface area (Å²) in [5.74, 6) is 0. The minimum Gasteiger partial charge on any atom is -0.501 e. The quantitative estimate of drug-likeness (QED) is 0.0980. The van der Waals surface area contributed by atoms with E-state index in [1.54, 1.807) is 30.3 Å². The number of hydrogen-bond acceptors (Lipinski definition) is 3. The third-order valence-corrected chi connectivity index (χ3v) is 12.8. The molecule has 0 fully saturated rings. The number of hydrogen-bond donors (Lipinski definition) is 0. The van der Waals surface area contributed by atoms with Crippen LogP contribution in [0.1, 0.15) is 38.7 Å². The van der Waals surface area contributed by atoms with E-state index in [2.05, 4.69) is 78.1 Å². The Hall–Kier alpha value is -5.97. The van der Waals surface area contributed by atoms with Gasteiger partial charge >= 0.3 is 0 Å². The van der Waals surface area contributed by atoms with E-state index in [0.29, 0.717) is 44.8 Å². The smallest absolute Gasteiger partial charge is 0.121 e. The second-order valence-electron chi connectivity index (χ2n) is 15.7. The van der Waals surface area contributed by atoms with E-state index in [1.165, 1.54) is 24.5 Å². The molecule has 0 N–H and O–H groups in total. The number of aromatic nitrogens is 2. The van der Waals surface area contributed by atoms with Gasteiger partial charge in [-0.1, -0.05) is 151 Å². The zero-order valence-electron chi connectivity index (χ0n) is 45.1. The van der Waals surface area contributed by atoms with Crippen LogP contribution >= 0.6 is 0 Å². The maximum atomic E-state index is 8.36. The third kappa shape index (κ3) is 7.89. The van der Waals surface area contributed by atoms with Gasteiger partial charge in [0.1, 0.15) is 5.58 Å². The first-order valence-corrected chi connectivity index (χ1v) is 22.8. The SMILES string of the molecule is [2H]C([2H])([2H])c1ccc(-c2[c-]cc(C([2H])([2H])[2H])c(-c3ccccc3)c2)nc1.[2H]C([2H])([2H])c1cnc(-c2[c-]ccc3c2oc2cc4c(ccc5ccccc54)cc23)cc1-c1ccc([Si](C)(C)C)cc1C([2H])([2H])[2H].[Ir]. The summed E-state index contributed by atoms with van der Waals surface area (Å²) in [4.78, 5) is 8.79. The number of aryl methyl sites for hydroxylation is 4. The maximum Gasteiger partial charge on any atom is 0.121 e. The van der Waals surface area contributed by atoms with Crippen LogP contribution in [-0.2, 0) is 20.1 Å². The number of fused-ring (bicyclic) bond motifs is 6. The van der Waals surface area contributed by atoms with Crippen LogP contribution in [0.15, 0.2) is 156 Å². The monoisotopic (exact) mass is 983 g/mol. The van der Waals surface area contributed by atoms with Crippen molar-refractivity contribution in [3.63, 3.8) is 0 Å². The van der Waals surface area contributed by atoms with E-state index >= 15 is 0 Å². The Morgan fingerprint density at radius 2 is 1.37 bits per heavy atom. The molecule has 3 heterocycles. The molecule has 0 aliphatic carbocycles. The Kier molecular flexibility index (Phi) is 7.87. The van der Waals surface area contributed by atoms with Crippen molar-refractivity contribution in [1.29, 1.82) is 0 Å². The molecule has 10 aromatic rings. The minimum atomic E-state index is -2.51. The molecule has 0 unspecified atom stereocenters. The molecule has 0 saturated carbocycles. The summed E-state index contributed by atoms with van der Waals surface area (Å²) in [6, 6.07) is 49.3. The first-order valence-electron chi connectivity index (χ1n) is 25.3. The molecule has 3 aromatic heterocycles. The van der Waals surface area contributed by atoms with Crippen LogP contribution in [0.4, 0.5) is 0 Å². The Morgan fingerprint density at radius 1 is 0.567 bits per heavy atom. The molecule has 60 heavy (non-hydrogen) atoms. The van der Waals surface area contributed by atoms with E-state index in [-0.39, 0.29) is 42.4 Å². The van der Waals surface area contributed by atoms with Crippen molar-refractivity contribution in [1.82, 2.24) is 9.97 Å². The van der Waals surface area contributed by atoms with Crippen LogP contribution in [0.2, 0.25) is 19.6 Å². The molecule has 0 atom stereocenters. The molecule has 1 radical (unpaired) electrons. The average Bonchev–Trinajstić information content (AvgIpc) is 3.69. The van der Waals surface area contributed by atoms with Gasteiger partial charge < -0.3 is 14.4 Å². The molecular weight excluding hydrogens is 925 g/mol. The molecule has 7 aromatic carbocycles. The molecule has 0 amide bonds. The van der Waals surface area contributed by atoms with Crippen LogP contribution in [0.5, 0.6) is 0 Å². The van der Waals surface area contributed by atoms with Crippen molar-refractivity contribution in [2.45, 2.75) is 47.0 Å². The van der Waals surface area contributed by atoms with Gasteiger partial charge in [0.15, 0.2) is 0 Å². The van der Waals surface area contributed by atoms with Gasteiger partial charge in [-0.15, -0.1) is 47.5 Å². The largest absolute Gasteiger partial charge is 0.501 e. The van der Waals surface area contributed by atoms with Gasteiger partial charge in [0.05, 0.1) is 13.7 Å². The van der Waals surface area contributed by atoms with Crippen LogP contribution in [0.3, 0.4) is 0 Å². The fourth-order valence-corrected chi connectivity index (χ4v) is 8.70. The normalized spacial score (nSPS) is 15.2. The fourth-order valence-electron chi connectivity index (χ4n) is 7.54. The van der Waals surface area contributed by atoms with Crippen molar-refractivity contribution >= 4 is 56.7 Å². The minimum absolute atomic E-state index is 0. The Bertz CT molecular complexity index is 3630. The zero-order chi connectivity index (χ0) is 50.8. The number of nitrogens with zero attached hydrogens (tertiary/aromatic N) is 2. The van der Waals surface area contributed by atoms with E-state index < -0.39 is 35.5 Å². The van der Waals surface area contributed by atoms with Gasteiger partial charge in [-0.2, -0.15) is 0 Å². The number of rotatable bonds is 5. The standard InChI is InChI=1S/C36H30NOSi.C19H16N.Ir/c1-22-17-26(39(3,4)5)15-16-27(22)31-19-34(37-21-23(31)2)30-12-8-11-29-33-18-25-14-13-24-9-6-7-10-28(24)32(25)20-35(33)38-36(29)30;1-14-8-11-19(20-13-14)17-10-9-15(2)18(12-17)16-6-4-3-5-7-16;/h6-11,13-21H,1-5H3;3-9,11-13H,1-2H3;/q2*-1;/i2*1D3,2D3;. The van der Waals surface area contributed by atoms with E-state index in [0.717, 1.165) is 48.7 Å². The second-order valence-corrected chi connectivity index (χ2v) is 20.7. The van der Waals surface area contributed by atoms with Crippen molar-refractivity contribution < 1.29 is 41.0 Å². The summed E-state index contributed by atoms with van der Waals surface area (Å²) in [6.45, 7) is -2.98. The molecule has 10 rings (SSSR count). The van der Waals surface area contributed by atoms with Gasteiger partial charge in [0.2, 0.25) is 0 Å². The molecule has 0 spiro atoms. The van der Waals surface area contributed by atoms with Crippen LogP contribution < -0.4 is 5.19 Å². The molecule has 297 valence electrons. The van der Waals surface area contributed by atoms with Gasteiger partial charge in [-0.25, -0.2) is 0 Å². The van der Waals surface area contributed by atoms with E-state index in [4.69, 9.17) is 20.9 Å². The summed E-state index contributed by atoms with van der Waals surface area (Å²) in [5.41, 5.74) is 6.01. The van der Waals surface area contributed by atoms with Crippen LogP contribution in [0, 0.1) is 39.5 Å². The molecule has 0 aliphatic rings. The van der Waals surface area contributed by atoms with Gasteiger partial charge in [0, 0.05) is 54.3 Å². The molecule has 0 saturated heterocycles. The summed E-state index contributed by atoms with van der Waals surface area (Å²) in [5, 5.41) is 7.30. The zero-order valence-corrected chi connectivity index (χ0v) is 36.5. The number of benzene rings is 7. The summed E-state index contributed by atoms with van der Waals surface area (Å²) >= 11 is 0. The molecular formula is C55H46IrN2OSi-2. The van der Waals surface area contributed by atoms with E-state index in [1.807, 2.05) is 60.7 Å². The van der Waals surface area contributed by atoms with Crippen LogP contribution in [-0.4, -0.2) is 18.0 Å². The average molecular weight is 983 g/mol. The van der Waals surface area contributed by atoms with Gasteiger partial charge in [-0.3, -0.25) is 0 Å². The van der Waals surface area contributed by atoms with E-state index in [9.17, 15) is 0 Å². The summed E-state index contributed by atoms with van der Waals surface area (Å²) in [6.07, 6.45) is 2.65. The van der Waals surface area contributed by atoms with Crippen LogP contribution in [0.25, 0.3) is 88.3 Å². The molecule has 0 aliphatic heterocycles. The fraction of sp³-hybridized carbons (Fsp3) is 0.127. The first kappa shape index (κ1) is 28.5. The predicted molar refractivity (Wildman–Crippen MR) is 252 cm³/mol. The van der Waals surface area contributed by atoms with Gasteiger partial charge in [-0.05, 0) is 99.0 Å². The second kappa shape index (κ2) is 16.6. The third-order valence-electron chi connectivity index (χ3n) is 10.7. The topological polar surface area (TPSA) is 38.9 Å². The first-order chi connectivity index (χ1) is 33.4. The summed E-state index contributed by atoms with van der Waals surface area (Å²) < 4.78 is 102. The van der Waals surface area contributed by atoms with Gasteiger partial charge in [0.25, 0.3) is 0 Å².